The maximum absolute atomic E-state index is 12.6. The molecule has 0 radical (unpaired) electrons. The Labute approximate surface area is 125 Å². The molecule has 5 nitrogen and oxygen atoms in total. The van der Waals surface area contributed by atoms with Crippen LogP contribution in [0.1, 0.15) is 38.2 Å². The Morgan fingerprint density at radius 2 is 1.90 bits per heavy atom. The summed E-state index contributed by atoms with van der Waals surface area (Å²) in [6.45, 7) is 4.54. The van der Waals surface area contributed by atoms with Gasteiger partial charge in [-0.1, -0.05) is 26.0 Å². The first-order valence-corrected chi connectivity index (χ1v) is 8.59. The molecule has 0 spiro atoms. The van der Waals surface area contributed by atoms with Gasteiger partial charge in [0.05, 0.1) is 10.8 Å². The maximum Gasteiger partial charge on any atom is 0.307 e. The third-order valence-electron chi connectivity index (χ3n) is 3.92. The van der Waals surface area contributed by atoms with E-state index in [0.29, 0.717) is 25.3 Å². The molecule has 116 valence electrons. The van der Waals surface area contributed by atoms with Crippen LogP contribution in [0.15, 0.2) is 29.2 Å². The lowest BCUT2D eigenvalue weighted by atomic mass is 10.0. The first-order chi connectivity index (χ1) is 9.82. The highest BCUT2D eigenvalue weighted by molar-refractivity contribution is 7.89. The lowest BCUT2D eigenvalue weighted by molar-refractivity contribution is -0.142. The normalized spacial score (nSPS) is 20.6. The van der Waals surface area contributed by atoms with E-state index in [2.05, 4.69) is 0 Å². The molecule has 1 N–H and O–H groups in total. The van der Waals surface area contributed by atoms with Gasteiger partial charge in [0.1, 0.15) is 0 Å². The van der Waals surface area contributed by atoms with Gasteiger partial charge in [-0.25, -0.2) is 8.42 Å². The van der Waals surface area contributed by atoms with Gasteiger partial charge < -0.3 is 5.11 Å². The lowest BCUT2D eigenvalue weighted by Crippen LogP contribution is -2.42. The molecular formula is C15H21NO4S. The SMILES string of the molecule is CC(C)c1ccc(S(=O)(=O)N2CCC[C@@H](C(=O)O)C2)cc1. The summed E-state index contributed by atoms with van der Waals surface area (Å²) in [5.74, 6) is -1.19. The highest BCUT2D eigenvalue weighted by Crippen LogP contribution is 2.25. The first-order valence-electron chi connectivity index (χ1n) is 7.15. The fourth-order valence-corrected chi connectivity index (χ4v) is 4.06. The average Bonchev–Trinajstić information content (AvgIpc) is 2.47. The molecule has 1 aliphatic rings. The summed E-state index contributed by atoms with van der Waals surface area (Å²) in [6.07, 6.45) is 1.12. The number of hydrogen-bond acceptors (Lipinski definition) is 3. The van der Waals surface area contributed by atoms with Crippen LogP contribution in [-0.4, -0.2) is 36.9 Å². The molecule has 0 aliphatic carbocycles. The van der Waals surface area contributed by atoms with Gasteiger partial charge >= 0.3 is 5.97 Å². The number of nitrogens with zero attached hydrogens (tertiary/aromatic N) is 1. The Morgan fingerprint density at radius 1 is 1.29 bits per heavy atom. The predicted molar refractivity (Wildman–Crippen MR) is 79.6 cm³/mol. The summed E-state index contributed by atoms with van der Waals surface area (Å²) in [5.41, 5.74) is 1.08. The zero-order valence-electron chi connectivity index (χ0n) is 12.3. The lowest BCUT2D eigenvalue weighted by Gasteiger charge is -2.29. The minimum absolute atomic E-state index is 0.0591. The van der Waals surface area contributed by atoms with Crippen LogP contribution in [0.25, 0.3) is 0 Å². The standard InChI is InChI=1S/C15H21NO4S/c1-11(2)12-5-7-14(8-6-12)21(19,20)16-9-3-4-13(10-16)15(17)18/h5-8,11,13H,3-4,9-10H2,1-2H3,(H,17,18)/t13-/m1/s1. The van der Waals surface area contributed by atoms with Crippen molar-refractivity contribution < 1.29 is 18.3 Å². The van der Waals surface area contributed by atoms with Crippen LogP contribution < -0.4 is 0 Å². The Morgan fingerprint density at radius 3 is 2.43 bits per heavy atom. The largest absolute Gasteiger partial charge is 0.481 e. The van der Waals surface area contributed by atoms with Crippen molar-refractivity contribution in [3.8, 4) is 0 Å². The molecule has 21 heavy (non-hydrogen) atoms. The van der Waals surface area contributed by atoms with E-state index in [4.69, 9.17) is 5.11 Å². The molecule has 0 bridgehead atoms. The highest BCUT2D eigenvalue weighted by atomic mass is 32.2. The van der Waals surface area contributed by atoms with Crippen molar-refractivity contribution in [2.45, 2.75) is 37.5 Å². The van der Waals surface area contributed by atoms with E-state index in [1.165, 1.54) is 4.31 Å². The van der Waals surface area contributed by atoms with Crippen molar-refractivity contribution in [1.29, 1.82) is 0 Å². The van der Waals surface area contributed by atoms with Crippen LogP contribution in [-0.2, 0) is 14.8 Å². The maximum atomic E-state index is 12.6. The van der Waals surface area contributed by atoms with E-state index in [-0.39, 0.29) is 11.4 Å². The average molecular weight is 311 g/mol. The van der Waals surface area contributed by atoms with Gasteiger partial charge in [0.2, 0.25) is 10.0 Å². The second kappa shape index (κ2) is 6.15. The van der Waals surface area contributed by atoms with E-state index in [0.717, 1.165) is 5.56 Å². The van der Waals surface area contributed by atoms with Gasteiger partial charge in [-0.2, -0.15) is 4.31 Å². The second-order valence-electron chi connectivity index (χ2n) is 5.76. The summed E-state index contributed by atoms with van der Waals surface area (Å²) in [5, 5.41) is 9.07. The van der Waals surface area contributed by atoms with Crippen molar-refractivity contribution in [1.82, 2.24) is 4.31 Å². The van der Waals surface area contributed by atoms with Crippen molar-refractivity contribution in [3.05, 3.63) is 29.8 Å². The van der Waals surface area contributed by atoms with Crippen LogP contribution in [0.3, 0.4) is 0 Å². The predicted octanol–water partition coefficient (Wildman–Crippen LogP) is 2.30. The zero-order valence-corrected chi connectivity index (χ0v) is 13.1. The molecule has 0 saturated carbocycles. The van der Waals surface area contributed by atoms with Crippen molar-refractivity contribution in [2.24, 2.45) is 5.92 Å². The van der Waals surface area contributed by atoms with E-state index in [1.807, 2.05) is 26.0 Å². The third-order valence-corrected chi connectivity index (χ3v) is 5.80. The monoisotopic (exact) mass is 311 g/mol. The van der Waals surface area contributed by atoms with Gasteiger partial charge in [0.15, 0.2) is 0 Å². The van der Waals surface area contributed by atoms with Gasteiger partial charge in [0, 0.05) is 13.1 Å². The Hall–Kier alpha value is -1.40. The molecule has 1 atom stereocenters. The fraction of sp³-hybridized carbons (Fsp3) is 0.533. The minimum Gasteiger partial charge on any atom is -0.481 e. The quantitative estimate of drug-likeness (QED) is 0.926. The zero-order chi connectivity index (χ0) is 15.6. The van der Waals surface area contributed by atoms with Crippen molar-refractivity contribution in [3.63, 3.8) is 0 Å². The molecule has 0 amide bonds. The summed E-state index contributed by atoms with van der Waals surface area (Å²) in [4.78, 5) is 11.3. The summed E-state index contributed by atoms with van der Waals surface area (Å²) >= 11 is 0. The van der Waals surface area contributed by atoms with Crippen LogP contribution in [0.4, 0.5) is 0 Å². The number of carboxylic acid groups (broad SMARTS) is 1. The van der Waals surface area contributed by atoms with Gasteiger partial charge in [-0.3, -0.25) is 4.79 Å². The number of sulfonamides is 1. The number of piperidine rings is 1. The smallest absolute Gasteiger partial charge is 0.307 e. The molecule has 1 aliphatic heterocycles. The molecule has 1 fully saturated rings. The molecule has 0 unspecified atom stereocenters. The molecule has 1 aromatic rings. The van der Waals surface area contributed by atoms with Crippen LogP contribution in [0.2, 0.25) is 0 Å². The number of rotatable bonds is 4. The van der Waals surface area contributed by atoms with Gasteiger partial charge in [-0.15, -0.1) is 0 Å². The van der Waals surface area contributed by atoms with Crippen molar-refractivity contribution >= 4 is 16.0 Å². The summed E-state index contributed by atoms with van der Waals surface area (Å²) in [6, 6.07) is 6.84. The summed E-state index contributed by atoms with van der Waals surface area (Å²) < 4.78 is 26.4. The van der Waals surface area contributed by atoms with Crippen LogP contribution in [0.5, 0.6) is 0 Å². The Bertz CT molecular complexity index is 607. The minimum atomic E-state index is -3.60. The van der Waals surface area contributed by atoms with Crippen LogP contribution >= 0.6 is 0 Å². The number of aliphatic carboxylic acids is 1. The molecule has 1 aromatic carbocycles. The Balaban J connectivity index is 2.22. The second-order valence-corrected chi connectivity index (χ2v) is 7.70. The van der Waals surface area contributed by atoms with Gasteiger partial charge in [-0.05, 0) is 36.5 Å². The number of hydrogen-bond donors (Lipinski definition) is 1. The fourth-order valence-electron chi connectivity index (χ4n) is 2.54. The topological polar surface area (TPSA) is 74.7 Å². The Kier molecular flexibility index (Phi) is 4.68. The third kappa shape index (κ3) is 3.44. The van der Waals surface area contributed by atoms with Gasteiger partial charge in [0.25, 0.3) is 0 Å². The summed E-state index contributed by atoms with van der Waals surface area (Å²) in [7, 11) is -3.60. The first kappa shape index (κ1) is 16.0. The van der Waals surface area contributed by atoms with E-state index in [9.17, 15) is 13.2 Å². The number of carboxylic acids is 1. The number of benzene rings is 1. The molecule has 6 heteroatoms. The van der Waals surface area contributed by atoms with E-state index >= 15 is 0 Å². The van der Waals surface area contributed by atoms with Crippen LogP contribution in [0, 0.1) is 5.92 Å². The molecule has 1 saturated heterocycles. The number of carbonyl (C=O) groups is 1. The van der Waals surface area contributed by atoms with Crippen molar-refractivity contribution in [2.75, 3.05) is 13.1 Å². The molecular weight excluding hydrogens is 290 g/mol. The molecule has 2 rings (SSSR count). The van der Waals surface area contributed by atoms with E-state index in [1.54, 1.807) is 12.1 Å². The molecule has 0 aromatic heterocycles. The highest BCUT2D eigenvalue weighted by Gasteiger charge is 2.33. The molecule has 1 heterocycles. The van der Waals surface area contributed by atoms with E-state index < -0.39 is 21.9 Å².